The second kappa shape index (κ2) is 6.61. The topological polar surface area (TPSA) is 65.3 Å². The van der Waals surface area contributed by atoms with E-state index in [4.69, 9.17) is 10.1 Å². The first kappa shape index (κ1) is 14.7. The number of rotatable bonds is 6. The van der Waals surface area contributed by atoms with Gasteiger partial charge in [0.2, 0.25) is 0 Å². The Morgan fingerprint density at radius 2 is 2.05 bits per heavy atom. The van der Waals surface area contributed by atoms with Crippen molar-refractivity contribution in [3.8, 4) is 0 Å². The summed E-state index contributed by atoms with van der Waals surface area (Å²) < 4.78 is 5.83. The zero-order valence-electron chi connectivity index (χ0n) is 11.5. The van der Waals surface area contributed by atoms with E-state index in [9.17, 15) is 5.11 Å². The van der Waals surface area contributed by atoms with Gasteiger partial charge in [-0.2, -0.15) is 0 Å². The Kier molecular flexibility index (Phi) is 4.84. The van der Waals surface area contributed by atoms with E-state index in [1.807, 2.05) is 43.5 Å². The summed E-state index contributed by atoms with van der Waals surface area (Å²) >= 11 is 0. The van der Waals surface area contributed by atoms with Crippen LogP contribution in [0.2, 0.25) is 0 Å². The SMILES string of the molecule is CNCC[C@@](O)(OC1C=CC=CC1=N)c1ccccc1. The fourth-order valence-electron chi connectivity index (χ4n) is 2.10. The van der Waals surface area contributed by atoms with Crippen LogP contribution in [0.1, 0.15) is 12.0 Å². The molecule has 1 aromatic carbocycles. The second-order valence-corrected chi connectivity index (χ2v) is 4.74. The van der Waals surface area contributed by atoms with E-state index in [0.717, 1.165) is 0 Å². The van der Waals surface area contributed by atoms with Crippen LogP contribution < -0.4 is 5.32 Å². The summed E-state index contributed by atoms with van der Waals surface area (Å²) in [6.45, 7) is 0.616. The molecule has 4 heteroatoms. The number of aliphatic hydroxyl groups is 1. The third kappa shape index (κ3) is 3.42. The first-order valence-electron chi connectivity index (χ1n) is 6.69. The number of allylic oxidation sites excluding steroid dienone is 2. The smallest absolute Gasteiger partial charge is 0.194 e. The predicted molar refractivity (Wildman–Crippen MR) is 79.8 cm³/mol. The highest BCUT2D eigenvalue weighted by molar-refractivity contribution is 5.98. The van der Waals surface area contributed by atoms with Crippen LogP contribution in [-0.2, 0) is 10.5 Å². The molecule has 0 fully saturated rings. The van der Waals surface area contributed by atoms with Gasteiger partial charge in [0.05, 0.1) is 5.71 Å². The first-order valence-corrected chi connectivity index (χ1v) is 6.69. The van der Waals surface area contributed by atoms with Crippen molar-refractivity contribution in [3.05, 3.63) is 60.2 Å². The van der Waals surface area contributed by atoms with Crippen molar-refractivity contribution in [3.63, 3.8) is 0 Å². The van der Waals surface area contributed by atoms with Crippen LogP contribution >= 0.6 is 0 Å². The Labute approximate surface area is 119 Å². The molecule has 0 saturated heterocycles. The molecule has 0 amide bonds. The Morgan fingerprint density at radius 3 is 2.70 bits per heavy atom. The van der Waals surface area contributed by atoms with Crippen molar-refractivity contribution >= 4 is 5.71 Å². The van der Waals surface area contributed by atoms with Gasteiger partial charge in [-0.15, -0.1) is 0 Å². The number of nitrogens with one attached hydrogen (secondary N) is 2. The zero-order chi connectivity index (χ0) is 14.4. The van der Waals surface area contributed by atoms with E-state index in [1.54, 1.807) is 18.2 Å². The lowest BCUT2D eigenvalue weighted by Crippen LogP contribution is -2.38. The van der Waals surface area contributed by atoms with Crippen molar-refractivity contribution in [2.75, 3.05) is 13.6 Å². The molecule has 20 heavy (non-hydrogen) atoms. The minimum Gasteiger partial charge on any atom is -0.362 e. The first-order chi connectivity index (χ1) is 9.65. The molecule has 1 aliphatic rings. The van der Waals surface area contributed by atoms with Crippen molar-refractivity contribution in [1.29, 1.82) is 5.41 Å². The van der Waals surface area contributed by atoms with Gasteiger partial charge in [-0.1, -0.05) is 42.5 Å². The summed E-state index contributed by atoms with van der Waals surface area (Å²) in [6, 6.07) is 9.30. The van der Waals surface area contributed by atoms with Crippen LogP contribution in [0.5, 0.6) is 0 Å². The maximum Gasteiger partial charge on any atom is 0.194 e. The molecule has 1 aliphatic carbocycles. The lowest BCUT2D eigenvalue weighted by atomic mass is 10.0. The molecular formula is C16H20N2O2. The van der Waals surface area contributed by atoms with Gasteiger partial charge in [-0.25, -0.2) is 0 Å². The average molecular weight is 272 g/mol. The minimum atomic E-state index is -1.41. The van der Waals surface area contributed by atoms with Crippen molar-refractivity contribution in [2.45, 2.75) is 18.3 Å². The lowest BCUT2D eigenvalue weighted by molar-refractivity contribution is -0.220. The van der Waals surface area contributed by atoms with E-state index < -0.39 is 11.9 Å². The molecule has 2 rings (SSSR count). The van der Waals surface area contributed by atoms with E-state index in [0.29, 0.717) is 24.2 Å². The second-order valence-electron chi connectivity index (χ2n) is 4.74. The summed E-state index contributed by atoms with van der Waals surface area (Å²) in [4.78, 5) is 0. The molecule has 1 unspecified atom stereocenters. The molecule has 0 radical (unpaired) electrons. The lowest BCUT2D eigenvalue weighted by Gasteiger charge is -2.32. The molecule has 0 aliphatic heterocycles. The summed E-state index contributed by atoms with van der Waals surface area (Å²) in [7, 11) is 1.83. The van der Waals surface area contributed by atoms with Gasteiger partial charge in [0, 0.05) is 18.5 Å². The van der Waals surface area contributed by atoms with Crippen molar-refractivity contribution < 1.29 is 9.84 Å². The molecule has 106 valence electrons. The van der Waals surface area contributed by atoms with E-state index in [1.165, 1.54) is 0 Å². The summed E-state index contributed by atoms with van der Waals surface area (Å²) in [5.41, 5.74) is 1.04. The van der Waals surface area contributed by atoms with Gasteiger partial charge in [0.15, 0.2) is 5.79 Å². The van der Waals surface area contributed by atoms with Crippen molar-refractivity contribution in [1.82, 2.24) is 5.32 Å². The predicted octanol–water partition coefficient (Wildman–Crippen LogP) is 1.97. The largest absolute Gasteiger partial charge is 0.362 e. The minimum absolute atomic E-state index is 0.339. The molecule has 0 saturated carbocycles. The standard InChI is InChI=1S/C16H20N2O2/c1-18-12-11-16(19,13-7-3-2-4-8-13)20-15-10-6-5-9-14(15)17/h2-10,15,17-19H,11-12H2,1H3/t15?,16-/m1/s1. The number of benzene rings is 1. The summed E-state index contributed by atoms with van der Waals surface area (Å²) in [5, 5.41) is 21.8. The van der Waals surface area contributed by atoms with Gasteiger partial charge >= 0.3 is 0 Å². The van der Waals surface area contributed by atoms with Crippen molar-refractivity contribution in [2.24, 2.45) is 0 Å². The zero-order valence-corrected chi connectivity index (χ0v) is 11.5. The maximum atomic E-state index is 10.9. The Bertz CT molecular complexity index is 510. The maximum absolute atomic E-state index is 10.9. The third-order valence-electron chi connectivity index (χ3n) is 3.24. The van der Waals surface area contributed by atoms with Gasteiger partial charge in [0.1, 0.15) is 6.10 Å². The average Bonchev–Trinajstić information content (AvgIpc) is 2.48. The Morgan fingerprint density at radius 1 is 1.30 bits per heavy atom. The summed E-state index contributed by atoms with van der Waals surface area (Å²) in [5.74, 6) is -1.41. The van der Waals surface area contributed by atoms with Gasteiger partial charge in [-0.05, 0) is 19.2 Å². The van der Waals surface area contributed by atoms with E-state index in [-0.39, 0.29) is 0 Å². The molecule has 3 N–H and O–H groups in total. The highest BCUT2D eigenvalue weighted by atomic mass is 16.6. The molecule has 4 nitrogen and oxygen atoms in total. The third-order valence-corrected chi connectivity index (χ3v) is 3.24. The quantitative estimate of drug-likeness (QED) is 0.694. The van der Waals surface area contributed by atoms with Gasteiger partial charge in [0.25, 0.3) is 0 Å². The molecule has 0 bridgehead atoms. The monoisotopic (exact) mass is 272 g/mol. The van der Waals surface area contributed by atoms with Gasteiger partial charge in [-0.3, -0.25) is 0 Å². The normalized spacial score (nSPS) is 20.9. The number of hydrogen-bond donors (Lipinski definition) is 3. The molecular weight excluding hydrogens is 252 g/mol. The van der Waals surface area contributed by atoms with E-state index in [2.05, 4.69) is 5.32 Å². The molecule has 1 aromatic rings. The van der Waals surface area contributed by atoms with Gasteiger partial charge < -0.3 is 20.6 Å². The number of ether oxygens (including phenoxy) is 1. The highest BCUT2D eigenvalue weighted by Crippen LogP contribution is 2.29. The fourth-order valence-corrected chi connectivity index (χ4v) is 2.10. The highest BCUT2D eigenvalue weighted by Gasteiger charge is 2.33. The Hall–Kier alpha value is -1.75. The van der Waals surface area contributed by atoms with Crippen LogP contribution in [0.4, 0.5) is 0 Å². The molecule has 2 atom stereocenters. The van der Waals surface area contributed by atoms with E-state index >= 15 is 0 Å². The fraction of sp³-hybridized carbons (Fsp3) is 0.312. The van der Waals surface area contributed by atoms with Crippen LogP contribution in [0.25, 0.3) is 0 Å². The van der Waals surface area contributed by atoms with Crippen LogP contribution in [0.3, 0.4) is 0 Å². The van der Waals surface area contributed by atoms with Crippen LogP contribution in [0.15, 0.2) is 54.6 Å². The molecule has 0 spiro atoms. The molecule has 0 aromatic heterocycles. The summed E-state index contributed by atoms with van der Waals surface area (Å²) in [6.07, 6.45) is 6.95. The molecule has 0 heterocycles. The van der Waals surface area contributed by atoms with Crippen LogP contribution in [-0.4, -0.2) is 30.5 Å². The Balaban J connectivity index is 2.21. The number of hydrogen-bond acceptors (Lipinski definition) is 4. The van der Waals surface area contributed by atoms with Crippen LogP contribution in [0, 0.1) is 5.41 Å².